The van der Waals surface area contributed by atoms with Gasteiger partial charge in [0.15, 0.2) is 0 Å². The summed E-state index contributed by atoms with van der Waals surface area (Å²) in [6.45, 7) is 8.11. The van der Waals surface area contributed by atoms with E-state index in [1.165, 1.54) is 11.1 Å². The van der Waals surface area contributed by atoms with Crippen LogP contribution in [0.1, 0.15) is 43.3 Å². The molecule has 1 heterocycles. The van der Waals surface area contributed by atoms with Crippen LogP contribution >= 0.6 is 0 Å². The van der Waals surface area contributed by atoms with E-state index in [2.05, 4.69) is 60.4 Å². The number of hydrogen-bond donors (Lipinski definition) is 1. The third-order valence-corrected chi connectivity index (χ3v) is 3.24. The molecule has 0 radical (unpaired) electrons. The topological polar surface area (TPSA) is 42.7 Å². The van der Waals surface area contributed by atoms with Gasteiger partial charge in [0.1, 0.15) is 12.2 Å². The number of rotatable bonds is 6. The minimum atomic E-state index is 0.312. The quantitative estimate of drug-likeness (QED) is 0.866. The summed E-state index contributed by atoms with van der Waals surface area (Å²) in [4.78, 5) is 4.31. The second-order valence-electron chi connectivity index (χ2n) is 4.92. The van der Waals surface area contributed by atoms with Crippen LogP contribution in [0, 0.1) is 6.92 Å². The van der Waals surface area contributed by atoms with Crippen molar-refractivity contribution < 1.29 is 0 Å². The highest BCUT2D eigenvalue weighted by Gasteiger charge is 2.08. The molecule has 0 aliphatic heterocycles. The average Bonchev–Trinajstić information content (AvgIpc) is 2.84. The van der Waals surface area contributed by atoms with Gasteiger partial charge < -0.3 is 5.32 Å². The fraction of sp³-hybridized carbons (Fsp3) is 0.467. The van der Waals surface area contributed by atoms with Crippen molar-refractivity contribution in [3.8, 4) is 0 Å². The van der Waals surface area contributed by atoms with Gasteiger partial charge in [0.2, 0.25) is 0 Å². The van der Waals surface area contributed by atoms with Gasteiger partial charge in [-0.3, -0.25) is 0 Å². The first-order valence-corrected chi connectivity index (χ1v) is 6.87. The highest BCUT2D eigenvalue weighted by molar-refractivity contribution is 5.24. The van der Waals surface area contributed by atoms with Gasteiger partial charge in [-0.1, -0.05) is 36.8 Å². The van der Waals surface area contributed by atoms with Crippen LogP contribution in [0.3, 0.4) is 0 Å². The van der Waals surface area contributed by atoms with Crippen LogP contribution in [0.15, 0.2) is 30.6 Å². The van der Waals surface area contributed by atoms with Gasteiger partial charge in [0.25, 0.3) is 0 Å². The predicted molar refractivity (Wildman–Crippen MR) is 76.7 cm³/mol. The molecule has 0 unspecified atom stereocenters. The molecule has 102 valence electrons. The Morgan fingerprint density at radius 3 is 2.95 bits per heavy atom. The van der Waals surface area contributed by atoms with Crippen LogP contribution in [0.2, 0.25) is 0 Å². The highest BCUT2D eigenvalue weighted by Crippen LogP contribution is 2.14. The van der Waals surface area contributed by atoms with Crippen LogP contribution in [-0.2, 0) is 13.1 Å². The number of aromatic nitrogens is 3. The Balaban J connectivity index is 1.96. The lowest BCUT2D eigenvalue weighted by Gasteiger charge is -2.14. The van der Waals surface area contributed by atoms with E-state index in [1.807, 2.05) is 4.68 Å². The molecule has 0 amide bonds. The van der Waals surface area contributed by atoms with Crippen LogP contribution in [0.5, 0.6) is 0 Å². The Morgan fingerprint density at radius 2 is 2.21 bits per heavy atom. The zero-order chi connectivity index (χ0) is 13.7. The molecule has 1 aromatic heterocycles. The van der Waals surface area contributed by atoms with Gasteiger partial charge >= 0.3 is 0 Å². The first kappa shape index (κ1) is 13.7. The molecule has 0 aliphatic carbocycles. The van der Waals surface area contributed by atoms with Gasteiger partial charge in [0.05, 0.1) is 6.54 Å². The molecule has 19 heavy (non-hydrogen) atoms. The smallest absolute Gasteiger partial charge is 0.140 e. The summed E-state index contributed by atoms with van der Waals surface area (Å²) in [5.41, 5.74) is 2.60. The zero-order valence-corrected chi connectivity index (χ0v) is 11.9. The summed E-state index contributed by atoms with van der Waals surface area (Å²) in [7, 11) is 0. The minimum absolute atomic E-state index is 0.312. The van der Waals surface area contributed by atoms with E-state index in [4.69, 9.17) is 0 Å². The van der Waals surface area contributed by atoms with Crippen LogP contribution in [-0.4, -0.2) is 14.8 Å². The van der Waals surface area contributed by atoms with E-state index in [1.54, 1.807) is 6.33 Å². The van der Waals surface area contributed by atoms with Crippen molar-refractivity contribution in [2.75, 3.05) is 0 Å². The fourth-order valence-corrected chi connectivity index (χ4v) is 2.13. The summed E-state index contributed by atoms with van der Waals surface area (Å²) in [6.07, 6.45) is 2.70. The van der Waals surface area contributed by atoms with E-state index < -0.39 is 0 Å². The lowest BCUT2D eigenvalue weighted by molar-refractivity contribution is 0.509. The van der Waals surface area contributed by atoms with E-state index in [-0.39, 0.29) is 0 Å². The second kappa shape index (κ2) is 6.48. The number of hydrogen-bond acceptors (Lipinski definition) is 3. The Morgan fingerprint density at radius 1 is 1.37 bits per heavy atom. The van der Waals surface area contributed by atoms with Gasteiger partial charge in [0, 0.05) is 12.6 Å². The maximum Gasteiger partial charge on any atom is 0.140 e. The summed E-state index contributed by atoms with van der Waals surface area (Å²) >= 11 is 0. The highest BCUT2D eigenvalue weighted by atomic mass is 15.3. The maximum absolute atomic E-state index is 4.31. The fourth-order valence-electron chi connectivity index (χ4n) is 2.13. The number of nitrogens with one attached hydrogen (secondary N) is 1. The molecule has 1 atom stereocenters. The molecular formula is C15H22N4. The van der Waals surface area contributed by atoms with E-state index in [9.17, 15) is 0 Å². The normalized spacial score (nSPS) is 12.6. The van der Waals surface area contributed by atoms with Crippen molar-refractivity contribution in [2.24, 2.45) is 0 Å². The van der Waals surface area contributed by atoms with Crippen molar-refractivity contribution in [1.82, 2.24) is 20.1 Å². The molecule has 0 bridgehead atoms. The average molecular weight is 258 g/mol. The molecule has 1 aromatic carbocycles. The molecule has 0 saturated heterocycles. The van der Waals surface area contributed by atoms with Crippen molar-refractivity contribution in [1.29, 1.82) is 0 Å². The van der Waals surface area contributed by atoms with Crippen molar-refractivity contribution in [3.05, 3.63) is 47.5 Å². The lowest BCUT2D eigenvalue weighted by Crippen LogP contribution is -2.21. The molecule has 0 aliphatic rings. The third kappa shape index (κ3) is 3.64. The van der Waals surface area contributed by atoms with Crippen molar-refractivity contribution in [3.63, 3.8) is 0 Å². The van der Waals surface area contributed by atoms with Crippen LogP contribution < -0.4 is 5.32 Å². The summed E-state index contributed by atoms with van der Waals surface area (Å²) < 4.78 is 1.97. The van der Waals surface area contributed by atoms with Gasteiger partial charge in [-0.25, -0.2) is 9.67 Å². The van der Waals surface area contributed by atoms with Crippen LogP contribution in [0.25, 0.3) is 0 Å². The molecule has 1 N–H and O–H groups in total. The largest absolute Gasteiger partial charge is 0.303 e. The maximum atomic E-state index is 4.31. The monoisotopic (exact) mass is 258 g/mol. The van der Waals surface area contributed by atoms with Crippen molar-refractivity contribution >= 4 is 0 Å². The number of aryl methyl sites for hydroxylation is 2. The lowest BCUT2D eigenvalue weighted by atomic mass is 10.1. The molecule has 0 saturated carbocycles. The van der Waals surface area contributed by atoms with Gasteiger partial charge in [-0.2, -0.15) is 5.10 Å². The van der Waals surface area contributed by atoms with E-state index in [0.717, 1.165) is 25.3 Å². The molecule has 4 heteroatoms. The Kier molecular flexibility index (Phi) is 4.68. The Labute approximate surface area is 114 Å². The van der Waals surface area contributed by atoms with Crippen molar-refractivity contribution in [2.45, 2.75) is 46.3 Å². The molecule has 0 spiro atoms. The van der Waals surface area contributed by atoms with Gasteiger partial charge in [-0.05, 0) is 25.8 Å². The van der Waals surface area contributed by atoms with E-state index in [0.29, 0.717) is 6.04 Å². The minimum Gasteiger partial charge on any atom is -0.303 e. The second-order valence-corrected chi connectivity index (χ2v) is 4.92. The summed E-state index contributed by atoms with van der Waals surface area (Å²) in [6, 6.07) is 8.90. The molecule has 4 nitrogen and oxygen atoms in total. The Bertz CT molecular complexity index is 518. The SMILES string of the molecule is CCCn1ncnc1CN[C@H](C)c1cccc(C)c1. The van der Waals surface area contributed by atoms with E-state index >= 15 is 0 Å². The zero-order valence-electron chi connectivity index (χ0n) is 11.9. The summed E-state index contributed by atoms with van der Waals surface area (Å²) in [5, 5.41) is 7.74. The Hall–Kier alpha value is -1.68. The standard InChI is InChI=1S/C15H22N4/c1-4-8-19-15(17-11-18-19)10-16-13(3)14-7-5-6-12(2)9-14/h5-7,9,11,13,16H,4,8,10H2,1-3H3/t13-/m1/s1. The molecule has 2 rings (SSSR count). The summed E-state index contributed by atoms with van der Waals surface area (Å²) in [5.74, 6) is 1.00. The first-order chi connectivity index (χ1) is 9.20. The number of nitrogens with zero attached hydrogens (tertiary/aromatic N) is 3. The third-order valence-electron chi connectivity index (χ3n) is 3.24. The molecular weight excluding hydrogens is 236 g/mol. The predicted octanol–water partition coefficient (Wildman–Crippen LogP) is 2.85. The van der Waals surface area contributed by atoms with Crippen LogP contribution in [0.4, 0.5) is 0 Å². The first-order valence-electron chi connectivity index (χ1n) is 6.87. The molecule has 0 fully saturated rings. The number of benzene rings is 1. The van der Waals surface area contributed by atoms with Gasteiger partial charge in [-0.15, -0.1) is 0 Å². The molecule has 2 aromatic rings.